The Labute approximate surface area is 167 Å². The van der Waals surface area contributed by atoms with Gasteiger partial charge >= 0.3 is 0 Å². The first kappa shape index (κ1) is 18.4. The molecule has 0 saturated carbocycles. The SMILES string of the molecule is COc1ccc(NC(=O)c2nnc3c(-c4ccc(OC)cc4)cnn3c2C)cc1. The number of nitrogens with one attached hydrogen (secondary N) is 1. The van der Waals surface area contributed by atoms with E-state index < -0.39 is 0 Å². The Hall–Kier alpha value is -3.94. The zero-order valence-electron chi connectivity index (χ0n) is 16.2. The first-order chi connectivity index (χ1) is 14.1. The molecule has 8 heteroatoms. The highest BCUT2D eigenvalue weighted by atomic mass is 16.5. The minimum Gasteiger partial charge on any atom is -0.497 e. The van der Waals surface area contributed by atoms with Crippen LogP contribution in [0.1, 0.15) is 16.2 Å². The van der Waals surface area contributed by atoms with Crippen molar-refractivity contribution >= 4 is 17.2 Å². The Kier molecular flexibility index (Phi) is 4.82. The molecule has 0 aliphatic carbocycles. The number of methoxy groups -OCH3 is 2. The van der Waals surface area contributed by atoms with Crippen molar-refractivity contribution in [2.24, 2.45) is 0 Å². The average Bonchev–Trinajstić information content (AvgIpc) is 3.19. The van der Waals surface area contributed by atoms with Gasteiger partial charge in [-0.1, -0.05) is 12.1 Å². The first-order valence-corrected chi connectivity index (χ1v) is 8.91. The molecule has 0 aliphatic rings. The fourth-order valence-electron chi connectivity index (χ4n) is 3.00. The molecule has 0 aliphatic heterocycles. The van der Waals surface area contributed by atoms with E-state index in [1.807, 2.05) is 24.3 Å². The van der Waals surface area contributed by atoms with Gasteiger partial charge in [0.2, 0.25) is 0 Å². The minimum atomic E-state index is -0.358. The van der Waals surface area contributed by atoms with E-state index in [9.17, 15) is 4.79 Å². The van der Waals surface area contributed by atoms with Gasteiger partial charge in [-0.15, -0.1) is 10.2 Å². The number of aromatic nitrogens is 4. The van der Waals surface area contributed by atoms with E-state index >= 15 is 0 Å². The summed E-state index contributed by atoms with van der Waals surface area (Å²) < 4.78 is 11.9. The number of ether oxygens (including phenoxy) is 2. The van der Waals surface area contributed by atoms with Crippen LogP contribution in [0.25, 0.3) is 16.8 Å². The zero-order chi connectivity index (χ0) is 20.4. The second-order valence-corrected chi connectivity index (χ2v) is 6.34. The van der Waals surface area contributed by atoms with E-state index in [4.69, 9.17) is 9.47 Å². The molecule has 0 radical (unpaired) electrons. The van der Waals surface area contributed by atoms with E-state index in [0.717, 1.165) is 16.9 Å². The largest absolute Gasteiger partial charge is 0.497 e. The third kappa shape index (κ3) is 3.47. The maximum atomic E-state index is 12.7. The third-order valence-corrected chi connectivity index (χ3v) is 4.61. The Morgan fingerprint density at radius 3 is 2.17 bits per heavy atom. The van der Waals surface area contributed by atoms with Crippen molar-refractivity contribution in [3.63, 3.8) is 0 Å². The van der Waals surface area contributed by atoms with E-state index in [-0.39, 0.29) is 11.6 Å². The van der Waals surface area contributed by atoms with Gasteiger partial charge in [-0.25, -0.2) is 4.52 Å². The second-order valence-electron chi connectivity index (χ2n) is 6.34. The topological polar surface area (TPSA) is 90.6 Å². The molecule has 0 fully saturated rings. The van der Waals surface area contributed by atoms with Gasteiger partial charge in [0.05, 0.1) is 26.1 Å². The summed E-state index contributed by atoms with van der Waals surface area (Å²) in [5, 5.41) is 15.6. The Morgan fingerprint density at radius 2 is 1.55 bits per heavy atom. The van der Waals surface area contributed by atoms with E-state index in [0.29, 0.717) is 22.8 Å². The highest BCUT2D eigenvalue weighted by Gasteiger charge is 2.18. The number of benzene rings is 2. The van der Waals surface area contributed by atoms with Crippen molar-refractivity contribution in [2.75, 3.05) is 19.5 Å². The van der Waals surface area contributed by atoms with Gasteiger partial charge in [-0.2, -0.15) is 5.10 Å². The molecule has 2 aromatic carbocycles. The van der Waals surface area contributed by atoms with Crippen molar-refractivity contribution in [1.82, 2.24) is 19.8 Å². The van der Waals surface area contributed by atoms with Gasteiger partial charge in [0.25, 0.3) is 5.91 Å². The smallest absolute Gasteiger partial charge is 0.278 e. The molecule has 0 saturated heterocycles. The van der Waals surface area contributed by atoms with Crippen LogP contribution in [0.5, 0.6) is 11.5 Å². The normalized spacial score (nSPS) is 10.7. The van der Waals surface area contributed by atoms with Crippen LogP contribution in [0.4, 0.5) is 5.69 Å². The van der Waals surface area contributed by atoms with Crippen LogP contribution in [0.3, 0.4) is 0 Å². The summed E-state index contributed by atoms with van der Waals surface area (Å²) in [6, 6.07) is 14.7. The number of fused-ring (bicyclic) bond motifs is 1. The number of aryl methyl sites for hydroxylation is 1. The van der Waals surface area contributed by atoms with E-state index in [1.165, 1.54) is 0 Å². The predicted molar refractivity (Wildman–Crippen MR) is 108 cm³/mol. The van der Waals surface area contributed by atoms with Crippen LogP contribution in [0, 0.1) is 6.92 Å². The van der Waals surface area contributed by atoms with Crippen LogP contribution in [0.15, 0.2) is 54.7 Å². The van der Waals surface area contributed by atoms with E-state index in [1.54, 1.807) is 56.1 Å². The lowest BCUT2D eigenvalue weighted by Gasteiger charge is -2.08. The van der Waals surface area contributed by atoms with Crippen LogP contribution < -0.4 is 14.8 Å². The summed E-state index contributed by atoms with van der Waals surface area (Å²) in [6.45, 7) is 1.79. The quantitative estimate of drug-likeness (QED) is 0.563. The fraction of sp³-hybridized carbons (Fsp3) is 0.143. The van der Waals surface area contributed by atoms with Crippen LogP contribution in [-0.2, 0) is 0 Å². The van der Waals surface area contributed by atoms with Gasteiger partial charge in [-0.3, -0.25) is 4.79 Å². The monoisotopic (exact) mass is 389 g/mol. The Bertz CT molecular complexity index is 1170. The molecule has 29 heavy (non-hydrogen) atoms. The summed E-state index contributed by atoms with van der Waals surface area (Å²) in [7, 11) is 3.21. The lowest BCUT2D eigenvalue weighted by Crippen LogP contribution is -2.18. The summed E-state index contributed by atoms with van der Waals surface area (Å²) in [5.74, 6) is 1.12. The highest BCUT2D eigenvalue weighted by Crippen LogP contribution is 2.26. The minimum absolute atomic E-state index is 0.206. The molecule has 1 amide bonds. The van der Waals surface area contributed by atoms with Gasteiger partial charge in [0.15, 0.2) is 11.3 Å². The summed E-state index contributed by atoms with van der Waals surface area (Å²) in [6.07, 6.45) is 1.71. The van der Waals surface area contributed by atoms with Crippen molar-refractivity contribution in [3.05, 3.63) is 66.1 Å². The molecule has 2 aromatic heterocycles. The molecule has 4 aromatic rings. The standard InChI is InChI=1S/C21H19N5O3/c1-13-19(21(27)23-15-6-10-17(29-3)11-7-15)24-25-20-18(12-22-26(13)20)14-4-8-16(28-2)9-5-14/h4-12H,1-3H3,(H,23,27). The molecule has 4 rings (SSSR count). The molecular formula is C21H19N5O3. The molecule has 0 bridgehead atoms. The zero-order valence-corrected chi connectivity index (χ0v) is 16.2. The average molecular weight is 389 g/mol. The lowest BCUT2D eigenvalue weighted by molar-refractivity contribution is 0.102. The number of nitrogens with zero attached hydrogens (tertiary/aromatic N) is 4. The first-order valence-electron chi connectivity index (χ1n) is 8.91. The van der Waals surface area contributed by atoms with Crippen molar-refractivity contribution < 1.29 is 14.3 Å². The number of hydrogen-bond acceptors (Lipinski definition) is 6. The number of carbonyl (C=O) groups excluding carboxylic acids is 1. The van der Waals surface area contributed by atoms with E-state index in [2.05, 4.69) is 20.6 Å². The van der Waals surface area contributed by atoms with Gasteiger partial charge in [-0.05, 0) is 48.9 Å². The van der Waals surface area contributed by atoms with Gasteiger partial charge < -0.3 is 14.8 Å². The molecule has 0 unspecified atom stereocenters. The fourth-order valence-corrected chi connectivity index (χ4v) is 3.00. The number of amides is 1. The second kappa shape index (κ2) is 7.59. The maximum Gasteiger partial charge on any atom is 0.278 e. The van der Waals surface area contributed by atoms with Gasteiger partial charge in [0.1, 0.15) is 11.5 Å². The van der Waals surface area contributed by atoms with Crippen molar-refractivity contribution in [1.29, 1.82) is 0 Å². The molecule has 8 nitrogen and oxygen atoms in total. The molecular weight excluding hydrogens is 370 g/mol. The lowest BCUT2D eigenvalue weighted by atomic mass is 10.1. The predicted octanol–water partition coefficient (Wildman–Crippen LogP) is 3.37. The Balaban J connectivity index is 1.64. The number of rotatable bonds is 5. The van der Waals surface area contributed by atoms with Crippen molar-refractivity contribution in [2.45, 2.75) is 6.92 Å². The van der Waals surface area contributed by atoms with Crippen molar-refractivity contribution in [3.8, 4) is 22.6 Å². The van der Waals surface area contributed by atoms with Crippen LogP contribution in [0.2, 0.25) is 0 Å². The highest BCUT2D eigenvalue weighted by molar-refractivity contribution is 6.03. The number of hydrogen-bond donors (Lipinski definition) is 1. The van der Waals surface area contributed by atoms with Crippen LogP contribution >= 0.6 is 0 Å². The molecule has 146 valence electrons. The molecule has 1 N–H and O–H groups in total. The van der Waals surface area contributed by atoms with Gasteiger partial charge in [0, 0.05) is 11.3 Å². The molecule has 2 heterocycles. The molecule has 0 spiro atoms. The number of anilines is 1. The van der Waals surface area contributed by atoms with Crippen LogP contribution in [-0.4, -0.2) is 39.9 Å². The summed E-state index contributed by atoms with van der Waals surface area (Å²) in [4.78, 5) is 12.7. The Morgan fingerprint density at radius 1 is 0.931 bits per heavy atom. The molecule has 0 atom stereocenters. The third-order valence-electron chi connectivity index (χ3n) is 4.61. The summed E-state index contributed by atoms with van der Waals surface area (Å²) in [5.41, 5.74) is 3.78. The number of carbonyl (C=O) groups is 1. The maximum absolute atomic E-state index is 12.7. The summed E-state index contributed by atoms with van der Waals surface area (Å²) >= 11 is 0.